The molecule has 3 nitrogen and oxygen atoms in total. The van der Waals surface area contributed by atoms with Gasteiger partial charge in [0.2, 0.25) is 0 Å². The number of rotatable bonds is 3. The largest absolute Gasteiger partial charge is 0.389 e. The second-order valence-electron chi connectivity index (χ2n) is 5.11. The van der Waals surface area contributed by atoms with Gasteiger partial charge in [-0.3, -0.25) is 0 Å². The average Bonchev–Trinajstić information content (AvgIpc) is 2.98. The van der Waals surface area contributed by atoms with Gasteiger partial charge >= 0.3 is 0 Å². The van der Waals surface area contributed by atoms with Crippen LogP contribution in [0.2, 0.25) is 0 Å². The summed E-state index contributed by atoms with van der Waals surface area (Å²) in [4.78, 5) is 7.18. The summed E-state index contributed by atoms with van der Waals surface area (Å²) in [5.41, 5.74) is 7.83. The lowest BCUT2D eigenvalue weighted by Gasteiger charge is -2.17. The number of thiocarbonyl (C=S) groups is 1. The van der Waals surface area contributed by atoms with Gasteiger partial charge in [-0.1, -0.05) is 42.5 Å². The third kappa shape index (κ3) is 2.65. The fourth-order valence-electron chi connectivity index (χ4n) is 2.68. The first-order valence-electron chi connectivity index (χ1n) is 6.80. The van der Waals surface area contributed by atoms with E-state index >= 15 is 0 Å². The summed E-state index contributed by atoms with van der Waals surface area (Å²) >= 11 is 4.95. The molecule has 0 amide bonds. The number of nitrogens with two attached hydrogens (primary N) is 1. The maximum atomic E-state index is 5.59. The zero-order valence-electron chi connectivity index (χ0n) is 11.2. The van der Waals surface area contributed by atoms with Crippen molar-refractivity contribution in [2.24, 2.45) is 5.73 Å². The summed E-state index contributed by atoms with van der Waals surface area (Å²) in [7, 11) is 0. The van der Waals surface area contributed by atoms with Crippen LogP contribution in [0.1, 0.15) is 23.5 Å². The van der Waals surface area contributed by atoms with Crippen molar-refractivity contribution in [2.75, 3.05) is 18.0 Å². The quantitative estimate of drug-likeness (QED) is 0.880. The first-order chi connectivity index (χ1) is 9.74. The van der Waals surface area contributed by atoms with E-state index in [0.717, 1.165) is 24.5 Å². The zero-order chi connectivity index (χ0) is 13.9. The van der Waals surface area contributed by atoms with E-state index in [1.54, 1.807) is 6.20 Å². The molecule has 102 valence electrons. The van der Waals surface area contributed by atoms with Crippen molar-refractivity contribution in [1.29, 1.82) is 0 Å². The Morgan fingerprint density at radius 2 is 2.00 bits per heavy atom. The average molecular weight is 283 g/mol. The number of anilines is 1. The molecule has 1 unspecified atom stereocenters. The molecule has 1 aliphatic rings. The van der Waals surface area contributed by atoms with Crippen LogP contribution in [-0.2, 0) is 0 Å². The van der Waals surface area contributed by atoms with E-state index in [4.69, 9.17) is 18.0 Å². The Balaban J connectivity index is 1.72. The van der Waals surface area contributed by atoms with Crippen molar-refractivity contribution in [3.8, 4) is 0 Å². The van der Waals surface area contributed by atoms with Crippen molar-refractivity contribution >= 4 is 23.0 Å². The van der Waals surface area contributed by atoms with Crippen molar-refractivity contribution in [3.05, 3.63) is 59.8 Å². The molecule has 4 heteroatoms. The van der Waals surface area contributed by atoms with Crippen LogP contribution in [0.25, 0.3) is 0 Å². The molecule has 2 N–H and O–H groups in total. The monoisotopic (exact) mass is 283 g/mol. The zero-order valence-corrected chi connectivity index (χ0v) is 12.0. The van der Waals surface area contributed by atoms with Crippen LogP contribution in [0.15, 0.2) is 48.7 Å². The topological polar surface area (TPSA) is 42.1 Å². The maximum absolute atomic E-state index is 5.59. The highest BCUT2D eigenvalue weighted by Crippen LogP contribution is 2.29. The Morgan fingerprint density at radius 3 is 2.65 bits per heavy atom. The van der Waals surface area contributed by atoms with Crippen molar-refractivity contribution < 1.29 is 0 Å². The van der Waals surface area contributed by atoms with Crippen LogP contribution in [-0.4, -0.2) is 23.1 Å². The Hall–Kier alpha value is -1.94. The highest BCUT2D eigenvalue weighted by molar-refractivity contribution is 7.80. The minimum Gasteiger partial charge on any atom is -0.389 e. The predicted octanol–water partition coefficient (Wildman–Crippen LogP) is 2.71. The maximum Gasteiger partial charge on any atom is 0.128 e. The van der Waals surface area contributed by atoms with Crippen LogP contribution in [0, 0.1) is 0 Å². The minimum atomic E-state index is 0.396. The van der Waals surface area contributed by atoms with Crippen LogP contribution < -0.4 is 10.6 Å². The molecule has 2 heterocycles. The van der Waals surface area contributed by atoms with Crippen LogP contribution in [0.4, 0.5) is 5.82 Å². The third-order valence-electron chi connectivity index (χ3n) is 3.82. The van der Waals surface area contributed by atoms with Crippen molar-refractivity contribution in [3.63, 3.8) is 0 Å². The lowest BCUT2D eigenvalue weighted by molar-refractivity contribution is 0.774. The molecule has 0 aliphatic carbocycles. The van der Waals surface area contributed by atoms with Gasteiger partial charge in [-0.05, 0) is 24.1 Å². The van der Waals surface area contributed by atoms with Gasteiger partial charge in [0, 0.05) is 30.8 Å². The third-order valence-corrected chi connectivity index (χ3v) is 4.05. The van der Waals surface area contributed by atoms with Gasteiger partial charge in [0.05, 0.1) is 0 Å². The van der Waals surface area contributed by atoms with Crippen molar-refractivity contribution in [1.82, 2.24) is 4.98 Å². The molecular weight excluding hydrogens is 266 g/mol. The molecule has 3 rings (SSSR count). The normalized spacial score (nSPS) is 18.2. The second-order valence-corrected chi connectivity index (χ2v) is 5.55. The van der Waals surface area contributed by atoms with Gasteiger partial charge in [-0.15, -0.1) is 0 Å². The Kier molecular flexibility index (Phi) is 3.65. The van der Waals surface area contributed by atoms with Crippen LogP contribution >= 0.6 is 12.2 Å². The van der Waals surface area contributed by atoms with E-state index in [9.17, 15) is 0 Å². The smallest absolute Gasteiger partial charge is 0.128 e. The van der Waals surface area contributed by atoms with E-state index in [-0.39, 0.29) is 0 Å². The molecule has 1 aromatic heterocycles. The highest BCUT2D eigenvalue weighted by atomic mass is 32.1. The number of benzene rings is 1. The fraction of sp³-hybridized carbons (Fsp3) is 0.250. The Labute approximate surface area is 124 Å². The summed E-state index contributed by atoms with van der Waals surface area (Å²) in [6.07, 6.45) is 2.93. The molecule has 1 aliphatic heterocycles. The fourth-order valence-corrected chi connectivity index (χ4v) is 2.81. The van der Waals surface area contributed by atoms with E-state index in [1.165, 1.54) is 12.0 Å². The summed E-state index contributed by atoms with van der Waals surface area (Å²) in [6.45, 7) is 2.06. The standard InChI is InChI=1S/C16H17N3S/c17-16(20)13-6-7-15(18-10-13)19-9-8-14(11-19)12-4-2-1-3-5-12/h1-7,10,14H,8-9,11H2,(H2,17,20). The number of aromatic nitrogens is 1. The molecular formula is C16H17N3S. The minimum absolute atomic E-state index is 0.396. The van der Waals surface area contributed by atoms with Gasteiger partial charge in [-0.25, -0.2) is 4.98 Å². The SMILES string of the molecule is NC(=S)c1ccc(N2CCC(c3ccccc3)C2)nc1. The van der Waals surface area contributed by atoms with Gasteiger partial charge in [0.1, 0.15) is 10.8 Å². The molecule has 0 saturated carbocycles. The molecule has 20 heavy (non-hydrogen) atoms. The highest BCUT2D eigenvalue weighted by Gasteiger charge is 2.24. The Morgan fingerprint density at radius 1 is 1.20 bits per heavy atom. The molecule has 1 saturated heterocycles. The summed E-state index contributed by atoms with van der Waals surface area (Å²) < 4.78 is 0. The van der Waals surface area contributed by atoms with Crippen LogP contribution in [0.3, 0.4) is 0 Å². The van der Waals surface area contributed by atoms with E-state index in [1.807, 2.05) is 12.1 Å². The predicted molar refractivity (Wildman–Crippen MR) is 86.1 cm³/mol. The molecule has 0 bridgehead atoms. The molecule has 1 atom stereocenters. The van der Waals surface area contributed by atoms with Gasteiger partial charge < -0.3 is 10.6 Å². The number of hydrogen-bond donors (Lipinski definition) is 1. The molecule has 1 aromatic carbocycles. The lowest BCUT2D eigenvalue weighted by atomic mass is 9.99. The van der Waals surface area contributed by atoms with E-state index < -0.39 is 0 Å². The molecule has 2 aromatic rings. The van der Waals surface area contributed by atoms with Crippen molar-refractivity contribution in [2.45, 2.75) is 12.3 Å². The summed E-state index contributed by atoms with van der Waals surface area (Å²) in [5.74, 6) is 1.59. The molecule has 0 spiro atoms. The molecule has 0 radical (unpaired) electrons. The second kappa shape index (κ2) is 5.59. The van der Waals surface area contributed by atoms with Crippen LogP contribution in [0.5, 0.6) is 0 Å². The summed E-state index contributed by atoms with van der Waals surface area (Å²) in [5, 5.41) is 0. The summed E-state index contributed by atoms with van der Waals surface area (Å²) in [6, 6.07) is 14.6. The lowest BCUT2D eigenvalue weighted by Crippen LogP contribution is -2.20. The Bertz CT molecular complexity index is 595. The number of hydrogen-bond acceptors (Lipinski definition) is 3. The van der Waals surface area contributed by atoms with Gasteiger partial charge in [-0.2, -0.15) is 0 Å². The number of pyridine rings is 1. The van der Waals surface area contributed by atoms with E-state index in [0.29, 0.717) is 10.9 Å². The van der Waals surface area contributed by atoms with Gasteiger partial charge in [0.25, 0.3) is 0 Å². The van der Waals surface area contributed by atoms with E-state index in [2.05, 4.69) is 40.2 Å². The van der Waals surface area contributed by atoms with Gasteiger partial charge in [0.15, 0.2) is 0 Å². The number of nitrogens with zero attached hydrogens (tertiary/aromatic N) is 2. The first-order valence-corrected chi connectivity index (χ1v) is 7.20. The first kappa shape index (κ1) is 13.1. The molecule has 1 fully saturated rings.